The third-order valence-electron chi connectivity index (χ3n) is 4.49. The molecule has 6 nitrogen and oxygen atoms in total. The topological polar surface area (TPSA) is 62.6 Å². The Bertz CT molecular complexity index is 761. The van der Waals surface area contributed by atoms with Gasteiger partial charge in [-0.3, -0.25) is 4.79 Å². The maximum absolute atomic E-state index is 12.8. The number of quaternary nitrogens is 1. The van der Waals surface area contributed by atoms with Crippen LogP contribution in [0.2, 0.25) is 0 Å². The van der Waals surface area contributed by atoms with Crippen molar-refractivity contribution in [2.45, 2.75) is 6.18 Å². The molecule has 0 radical (unpaired) electrons. The average Bonchev–Trinajstić information content (AvgIpc) is 2.68. The molecule has 1 aliphatic heterocycles. The normalized spacial score (nSPS) is 15.6. The summed E-state index contributed by atoms with van der Waals surface area (Å²) in [5.74, 6) is 0.00672. The van der Waals surface area contributed by atoms with E-state index >= 15 is 0 Å². The van der Waals surface area contributed by atoms with E-state index in [-0.39, 0.29) is 11.9 Å². The Labute approximate surface area is 155 Å². The van der Waals surface area contributed by atoms with Crippen LogP contribution in [0.1, 0.15) is 16.1 Å². The Balaban J connectivity index is 1.45. The Morgan fingerprint density at radius 2 is 1.85 bits per heavy atom. The predicted octanol–water partition coefficient (Wildman–Crippen LogP) is 0.630. The van der Waals surface area contributed by atoms with Gasteiger partial charge < -0.3 is 15.1 Å². The maximum atomic E-state index is 12.8. The second kappa shape index (κ2) is 8.34. The number of carbonyl (C=O) groups excluding carboxylic acids is 1. The van der Waals surface area contributed by atoms with Crippen LogP contribution in [0, 0.1) is 0 Å². The van der Waals surface area contributed by atoms with Crippen LogP contribution in [0.15, 0.2) is 42.6 Å². The van der Waals surface area contributed by atoms with Crippen LogP contribution in [0.4, 0.5) is 19.1 Å². The summed E-state index contributed by atoms with van der Waals surface area (Å²) >= 11 is 0. The van der Waals surface area contributed by atoms with E-state index in [1.807, 2.05) is 18.2 Å². The van der Waals surface area contributed by atoms with E-state index in [0.29, 0.717) is 25.2 Å². The zero-order chi connectivity index (χ0) is 19.3. The summed E-state index contributed by atoms with van der Waals surface area (Å²) in [5, 5.41) is 2.89. The molecular formula is C18H21F3N5O+. The van der Waals surface area contributed by atoms with E-state index in [4.69, 9.17) is 0 Å². The van der Waals surface area contributed by atoms with Gasteiger partial charge in [-0.05, 0) is 18.2 Å². The highest BCUT2D eigenvalue weighted by Gasteiger charge is 2.33. The van der Waals surface area contributed by atoms with E-state index in [0.717, 1.165) is 31.9 Å². The van der Waals surface area contributed by atoms with E-state index in [1.165, 1.54) is 4.90 Å². The monoisotopic (exact) mass is 380 g/mol. The molecule has 0 atom stereocenters. The molecule has 1 aromatic carbocycles. The molecule has 2 aromatic rings. The Morgan fingerprint density at radius 3 is 2.52 bits per heavy atom. The lowest BCUT2D eigenvalue weighted by Crippen LogP contribution is -3.15. The summed E-state index contributed by atoms with van der Waals surface area (Å²) < 4.78 is 38.3. The molecule has 1 saturated heterocycles. The van der Waals surface area contributed by atoms with Crippen LogP contribution in [0.5, 0.6) is 0 Å². The summed E-state index contributed by atoms with van der Waals surface area (Å²) in [6, 6.07) is 9.88. The van der Waals surface area contributed by atoms with Crippen molar-refractivity contribution in [3.63, 3.8) is 0 Å². The molecular weight excluding hydrogens is 359 g/mol. The predicted molar refractivity (Wildman–Crippen MR) is 93.6 cm³/mol. The molecule has 0 bridgehead atoms. The fraction of sp³-hybridized carbons (Fsp3) is 0.389. The van der Waals surface area contributed by atoms with Gasteiger partial charge >= 0.3 is 6.18 Å². The number of halogens is 3. The highest BCUT2D eigenvalue weighted by Crippen LogP contribution is 2.28. The summed E-state index contributed by atoms with van der Waals surface area (Å²) in [4.78, 5) is 22.7. The molecule has 0 spiro atoms. The van der Waals surface area contributed by atoms with Gasteiger partial charge in [-0.25, -0.2) is 9.97 Å². The van der Waals surface area contributed by atoms with Crippen LogP contribution in [-0.4, -0.2) is 55.1 Å². The molecule has 1 aliphatic rings. The average molecular weight is 380 g/mol. The second-order valence-corrected chi connectivity index (χ2v) is 6.35. The number of aromatic nitrogens is 2. The lowest BCUT2D eigenvalue weighted by atomic mass is 10.2. The first-order chi connectivity index (χ1) is 12.9. The van der Waals surface area contributed by atoms with Crippen LogP contribution in [-0.2, 0) is 6.18 Å². The minimum Gasteiger partial charge on any atom is -0.346 e. The number of hydrogen-bond donors (Lipinski definition) is 2. The molecule has 0 saturated carbocycles. The number of hydrogen-bond acceptors (Lipinski definition) is 4. The van der Waals surface area contributed by atoms with Crippen molar-refractivity contribution in [2.75, 3.05) is 44.2 Å². The SMILES string of the molecule is O=C(NCC[NH+]1CCN(c2nccc(C(F)(F)F)n2)CC1)c1ccccc1. The van der Waals surface area contributed by atoms with Gasteiger partial charge in [0.2, 0.25) is 5.95 Å². The van der Waals surface area contributed by atoms with Gasteiger partial charge in [-0.2, -0.15) is 13.2 Å². The lowest BCUT2D eigenvalue weighted by molar-refractivity contribution is -0.899. The molecule has 2 heterocycles. The third kappa shape index (κ3) is 5.16. The third-order valence-corrected chi connectivity index (χ3v) is 4.49. The van der Waals surface area contributed by atoms with Gasteiger partial charge in [0.25, 0.3) is 5.91 Å². The fourth-order valence-corrected chi connectivity index (χ4v) is 2.98. The maximum Gasteiger partial charge on any atom is 0.433 e. The quantitative estimate of drug-likeness (QED) is 0.799. The van der Waals surface area contributed by atoms with Gasteiger partial charge in [0.1, 0.15) is 5.69 Å². The summed E-state index contributed by atoms with van der Waals surface area (Å²) in [7, 11) is 0. The Kier molecular flexibility index (Phi) is 5.90. The molecule has 2 N–H and O–H groups in total. The first-order valence-electron chi connectivity index (χ1n) is 8.75. The largest absolute Gasteiger partial charge is 0.433 e. The van der Waals surface area contributed by atoms with Crippen LogP contribution in [0.25, 0.3) is 0 Å². The minimum absolute atomic E-state index is 0.106. The molecule has 1 amide bonds. The van der Waals surface area contributed by atoms with Gasteiger partial charge in [-0.15, -0.1) is 0 Å². The standard InChI is InChI=1S/C18H20F3N5O/c19-18(20,21)15-6-7-23-17(24-15)26-12-10-25(11-13-26)9-8-22-16(27)14-4-2-1-3-5-14/h1-7H,8-13H2,(H,22,27)/p+1. The van der Waals surface area contributed by atoms with Crippen molar-refractivity contribution in [3.8, 4) is 0 Å². The smallest absolute Gasteiger partial charge is 0.346 e. The summed E-state index contributed by atoms with van der Waals surface area (Å²) in [6.07, 6.45) is -3.33. The minimum atomic E-state index is -4.47. The first-order valence-corrected chi connectivity index (χ1v) is 8.75. The van der Waals surface area contributed by atoms with E-state index in [2.05, 4.69) is 15.3 Å². The van der Waals surface area contributed by atoms with Crippen molar-refractivity contribution >= 4 is 11.9 Å². The number of nitrogens with zero attached hydrogens (tertiary/aromatic N) is 3. The van der Waals surface area contributed by atoms with Crippen LogP contribution >= 0.6 is 0 Å². The van der Waals surface area contributed by atoms with Gasteiger partial charge in [-0.1, -0.05) is 18.2 Å². The van der Waals surface area contributed by atoms with E-state index < -0.39 is 11.9 Å². The highest BCUT2D eigenvalue weighted by atomic mass is 19.4. The molecule has 1 aromatic heterocycles. The molecule has 0 aliphatic carbocycles. The van der Waals surface area contributed by atoms with Gasteiger partial charge in [0.15, 0.2) is 0 Å². The lowest BCUT2D eigenvalue weighted by Gasteiger charge is -2.32. The summed E-state index contributed by atoms with van der Waals surface area (Å²) in [5.41, 5.74) is -0.301. The van der Waals surface area contributed by atoms with Crippen molar-refractivity contribution in [1.29, 1.82) is 0 Å². The number of amides is 1. The molecule has 9 heteroatoms. The Hall–Kier alpha value is -2.68. The van der Waals surface area contributed by atoms with Crippen molar-refractivity contribution < 1.29 is 22.9 Å². The first kappa shape index (κ1) is 19.1. The van der Waals surface area contributed by atoms with E-state index in [9.17, 15) is 18.0 Å². The molecule has 1 fully saturated rings. The number of anilines is 1. The number of piperazine rings is 1. The van der Waals surface area contributed by atoms with Crippen molar-refractivity contribution in [3.05, 3.63) is 53.9 Å². The highest BCUT2D eigenvalue weighted by molar-refractivity contribution is 5.94. The zero-order valence-electron chi connectivity index (χ0n) is 14.7. The molecule has 144 valence electrons. The zero-order valence-corrected chi connectivity index (χ0v) is 14.7. The fourth-order valence-electron chi connectivity index (χ4n) is 2.98. The molecule has 0 unspecified atom stereocenters. The van der Waals surface area contributed by atoms with Gasteiger partial charge in [0.05, 0.1) is 39.3 Å². The Morgan fingerprint density at radius 1 is 1.15 bits per heavy atom. The van der Waals surface area contributed by atoms with E-state index in [1.54, 1.807) is 17.0 Å². The van der Waals surface area contributed by atoms with Crippen molar-refractivity contribution in [1.82, 2.24) is 15.3 Å². The number of nitrogens with one attached hydrogen (secondary N) is 2. The number of rotatable bonds is 5. The van der Waals surface area contributed by atoms with Crippen LogP contribution < -0.4 is 15.1 Å². The molecule has 27 heavy (non-hydrogen) atoms. The number of benzene rings is 1. The van der Waals surface area contributed by atoms with Crippen molar-refractivity contribution in [2.24, 2.45) is 0 Å². The second-order valence-electron chi connectivity index (χ2n) is 6.35. The molecule has 3 rings (SSSR count). The van der Waals surface area contributed by atoms with Gasteiger partial charge in [0, 0.05) is 11.8 Å². The summed E-state index contributed by atoms with van der Waals surface area (Å²) in [6.45, 7) is 3.95. The van der Waals surface area contributed by atoms with Crippen LogP contribution in [0.3, 0.4) is 0 Å². The number of alkyl halides is 3. The number of carbonyl (C=O) groups is 1.